The molecule has 26 heavy (non-hydrogen) atoms. The lowest BCUT2D eigenvalue weighted by Crippen LogP contribution is -2.35. The third-order valence-corrected chi connectivity index (χ3v) is 5.34. The van der Waals surface area contributed by atoms with Crippen LogP contribution in [0.2, 0.25) is 0 Å². The molecule has 2 N–H and O–H groups in total. The number of amides is 1. The molecule has 2 rings (SSSR count). The minimum Gasteiger partial charge on any atom is -0.479 e. The number of aryl methyl sites for hydroxylation is 2. The number of rotatable bonds is 6. The van der Waals surface area contributed by atoms with Gasteiger partial charge in [0.1, 0.15) is 0 Å². The minimum absolute atomic E-state index is 0.0632. The van der Waals surface area contributed by atoms with Crippen molar-refractivity contribution in [2.24, 2.45) is 0 Å². The Morgan fingerprint density at radius 1 is 1.08 bits per heavy atom. The fourth-order valence-electron chi connectivity index (χ4n) is 2.63. The molecule has 2 aromatic rings. The Morgan fingerprint density at radius 3 is 2.31 bits per heavy atom. The second-order valence-electron chi connectivity index (χ2n) is 6.24. The van der Waals surface area contributed by atoms with Gasteiger partial charge in [-0.3, -0.25) is 4.79 Å². The molecule has 0 saturated carbocycles. The number of carboxylic acid groups (broad SMARTS) is 1. The molecule has 1 amide bonds. The Morgan fingerprint density at radius 2 is 1.73 bits per heavy atom. The molecule has 138 valence electrons. The van der Waals surface area contributed by atoms with Crippen molar-refractivity contribution in [3.05, 3.63) is 64.7 Å². The molecular formula is C19H21NO5S. The summed E-state index contributed by atoms with van der Waals surface area (Å²) in [6, 6.07) is 10.2. The molecule has 0 aliphatic carbocycles. The van der Waals surface area contributed by atoms with E-state index in [2.05, 4.69) is 5.32 Å². The molecule has 0 aliphatic heterocycles. The van der Waals surface area contributed by atoms with Crippen LogP contribution in [0.5, 0.6) is 0 Å². The number of hydrogen-bond donors (Lipinski definition) is 2. The molecule has 0 heterocycles. The van der Waals surface area contributed by atoms with Gasteiger partial charge in [-0.15, -0.1) is 0 Å². The van der Waals surface area contributed by atoms with Crippen molar-refractivity contribution in [3.63, 3.8) is 0 Å². The SMILES string of the molecule is Cc1ccc(C(NC(=O)Cc2ccccc2S(C)(=O)=O)C(=O)O)cc1C. The summed E-state index contributed by atoms with van der Waals surface area (Å²) >= 11 is 0. The van der Waals surface area contributed by atoms with Crippen molar-refractivity contribution in [1.29, 1.82) is 0 Å². The van der Waals surface area contributed by atoms with E-state index in [9.17, 15) is 23.1 Å². The molecule has 0 spiro atoms. The fourth-order valence-corrected chi connectivity index (χ4v) is 3.57. The zero-order valence-electron chi connectivity index (χ0n) is 14.8. The first-order valence-corrected chi connectivity index (χ1v) is 9.86. The van der Waals surface area contributed by atoms with Crippen LogP contribution in [0.25, 0.3) is 0 Å². The summed E-state index contributed by atoms with van der Waals surface area (Å²) in [6.07, 6.45) is 0.844. The molecule has 0 fully saturated rings. The maximum Gasteiger partial charge on any atom is 0.330 e. The van der Waals surface area contributed by atoms with Gasteiger partial charge >= 0.3 is 5.97 Å². The molecule has 6 nitrogen and oxygen atoms in total. The Balaban J connectivity index is 2.25. The number of carbonyl (C=O) groups is 2. The zero-order chi connectivity index (χ0) is 19.5. The summed E-state index contributed by atoms with van der Waals surface area (Å²) in [4.78, 5) is 24.0. The first kappa shape index (κ1) is 19.7. The number of carboxylic acids is 1. The number of hydrogen-bond acceptors (Lipinski definition) is 4. The molecular weight excluding hydrogens is 354 g/mol. The third-order valence-electron chi connectivity index (χ3n) is 4.14. The quantitative estimate of drug-likeness (QED) is 0.806. The highest BCUT2D eigenvalue weighted by Gasteiger charge is 2.23. The van der Waals surface area contributed by atoms with Crippen molar-refractivity contribution in [1.82, 2.24) is 5.32 Å². The summed E-state index contributed by atoms with van der Waals surface area (Å²) in [7, 11) is -3.48. The topological polar surface area (TPSA) is 101 Å². The van der Waals surface area contributed by atoms with Crippen molar-refractivity contribution >= 4 is 21.7 Å². The maximum absolute atomic E-state index is 12.4. The molecule has 0 bridgehead atoms. The molecule has 1 unspecified atom stereocenters. The predicted octanol–water partition coefficient (Wildman–Crippen LogP) is 2.19. The van der Waals surface area contributed by atoms with Gasteiger partial charge in [0.25, 0.3) is 0 Å². The zero-order valence-corrected chi connectivity index (χ0v) is 15.6. The molecule has 0 saturated heterocycles. The summed E-state index contributed by atoms with van der Waals surface area (Å²) in [5.74, 6) is -1.75. The van der Waals surface area contributed by atoms with E-state index in [1.165, 1.54) is 6.07 Å². The van der Waals surface area contributed by atoms with Crippen LogP contribution in [0.4, 0.5) is 0 Å². The lowest BCUT2D eigenvalue weighted by Gasteiger charge is -2.17. The van der Waals surface area contributed by atoms with Crippen LogP contribution in [0, 0.1) is 13.8 Å². The van der Waals surface area contributed by atoms with Crippen LogP contribution in [-0.2, 0) is 25.8 Å². The predicted molar refractivity (Wildman–Crippen MR) is 97.7 cm³/mol. The van der Waals surface area contributed by atoms with Crippen molar-refractivity contribution in [2.75, 3.05) is 6.26 Å². The highest BCUT2D eigenvalue weighted by molar-refractivity contribution is 7.90. The van der Waals surface area contributed by atoms with E-state index in [4.69, 9.17) is 0 Å². The van der Waals surface area contributed by atoms with Gasteiger partial charge in [-0.05, 0) is 42.2 Å². The summed E-state index contributed by atoms with van der Waals surface area (Å²) in [6.45, 7) is 3.78. The van der Waals surface area contributed by atoms with Crippen LogP contribution >= 0.6 is 0 Å². The standard InChI is InChI=1S/C19H21NO5S/c1-12-8-9-15(10-13(12)2)18(19(22)23)20-17(21)11-14-6-4-5-7-16(14)26(3,24)25/h4-10,18H,11H2,1-3H3,(H,20,21)(H,22,23). The van der Waals surface area contributed by atoms with E-state index < -0.39 is 27.8 Å². The fraction of sp³-hybridized carbons (Fsp3) is 0.263. The molecule has 1 atom stereocenters. The highest BCUT2D eigenvalue weighted by atomic mass is 32.2. The summed E-state index contributed by atoms with van der Waals surface area (Å²) in [5, 5.41) is 11.9. The maximum atomic E-state index is 12.4. The average Bonchev–Trinajstić information content (AvgIpc) is 2.54. The van der Waals surface area contributed by atoms with E-state index in [0.717, 1.165) is 17.4 Å². The second-order valence-corrected chi connectivity index (χ2v) is 8.22. The van der Waals surface area contributed by atoms with Gasteiger partial charge < -0.3 is 10.4 Å². The largest absolute Gasteiger partial charge is 0.479 e. The summed E-state index contributed by atoms with van der Waals surface area (Å²) < 4.78 is 23.7. The van der Waals surface area contributed by atoms with E-state index in [-0.39, 0.29) is 11.3 Å². The first-order valence-electron chi connectivity index (χ1n) is 7.97. The molecule has 2 aromatic carbocycles. The van der Waals surface area contributed by atoms with Gasteiger partial charge in [-0.1, -0.05) is 36.4 Å². The normalized spacial score (nSPS) is 12.4. The second kappa shape index (κ2) is 7.70. The van der Waals surface area contributed by atoms with E-state index in [1.54, 1.807) is 36.4 Å². The Hall–Kier alpha value is -2.67. The molecule has 7 heteroatoms. The Kier molecular flexibility index (Phi) is 5.82. The smallest absolute Gasteiger partial charge is 0.330 e. The number of nitrogens with one attached hydrogen (secondary N) is 1. The van der Waals surface area contributed by atoms with Gasteiger partial charge in [0.2, 0.25) is 5.91 Å². The third kappa shape index (κ3) is 4.70. The van der Waals surface area contributed by atoms with Gasteiger partial charge in [0.15, 0.2) is 15.9 Å². The Labute approximate surface area is 152 Å². The van der Waals surface area contributed by atoms with Gasteiger partial charge in [0, 0.05) is 6.26 Å². The van der Waals surface area contributed by atoms with E-state index >= 15 is 0 Å². The monoisotopic (exact) mass is 375 g/mol. The molecule has 0 radical (unpaired) electrons. The number of sulfone groups is 1. The van der Waals surface area contributed by atoms with Crippen LogP contribution in [-0.4, -0.2) is 31.7 Å². The van der Waals surface area contributed by atoms with Crippen LogP contribution in [0.1, 0.15) is 28.3 Å². The first-order chi connectivity index (χ1) is 12.1. The minimum atomic E-state index is -3.48. The average molecular weight is 375 g/mol. The van der Waals surface area contributed by atoms with Gasteiger partial charge in [-0.25, -0.2) is 13.2 Å². The van der Waals surface area contributed by atoms with Crippen LogP contribution < -0.4 is 5.32 Å². The lowest BCUT2D eigenvalue weighted by atomic mass is 10.0. The van der Waals surface area contributed by atoms with Gasteiger partial charge in [0.05, 0.1) is 11.3 Å². The van der Waals surface area contributed by atoms with Crippen molar-refractivity contribution in [3.8, 4) is 0 Å². The number of benzene rings is 2. The Bertz CT molecular complexity index is 950. The van der Waals surface area contributed by atoms with E-state index in [1.807, 2.05) is 13.8 Å². The van der Waals surface area contributed by atoms with Gasteiger partial charge in [-0.2, -0.15) is 0 Å². The molecule has 0 aromatic heterocycles. The number of aliphatic carboxylic acids is 1. The number of carbonyl (C=O) groups excluding carboxylic acids is 1. The van der Waals surface area contributed by atoms with Crippen LogP contribution in [0.15, 0.2) is 47.4 Å². The van der Waals surface area contributed by atoms with E-state index in [0.29, 0.717) is 11.1 Å². The van der Waals surface area contributed by atoms with Crippen LogP contribution in [0.3, 0.4) is 0 Å². The lowest BCUT2D eigenvalue weighted by molar-refractivity contribution is -0.142. The summed E-state index contributed by atoms with van der Waals surface area (Å²) in [5.41, 5.74) is 2.73. The highest BCUT2D eigenvalue weighted by Crippen LogP contribution is 2.19. The van der Waals surface area contributed by atoms with Crippen molar-refractivity contribution < 1.29 is 23.1 Å². The molecule has 0 aliphatic rings. The van der Waals surface area contributed by atoms with Crippen molar-refractivity contribution in [2.45, 2.75) is 31.2 Å².